The highest BCUT2D eigenvalue weighted by Crippen LogP contribution is 2.47. The van der Waals surface area contributed by atoms with Gasteiger partial charge in [0.1, 0.15) is 0 Å². The van der Waals surface area contributed by atoms with E-state index in [4.69, 9.17) is 27.6 Å². The Morgan fingerprint density at radius 3 is 2.53 bits per heavy atom. The molecule has 1 aromatic carbocycles. The minimum atomic E-state index is -0.559. The van der Waals surface area contributed by atoms with Gasteiger partial charge in [-0.1, -0.05) is 23.2 Å². The van der Waals surface area contributed by atoms with Gasteiger partial charge < -0.3 is 14.6 Å². The number of halogens is 2. The normalized spacial score (nSPS) is 10.5. The maximum absolute atomic E-state index is 10.9. The first-order valence-electron chi connectivity index (χ1n) is 5.18. The quantitative estimate of drug-likeness (QED) is 0.791. The van der Waals surface area contributed by atoms with Gasteiger partial charge in [0, 0.05) is 17.5 Å². The second kappa shape index (κ2) is 5.03. The fourth-order valence-electron chi connectivity index (χ4n) is 1.51. The Bertz CT molecular complexity index is 651. The molecular formula is C12H9Cl2NO4. The molecule has 0 aliphatic rings. The standard InChI is InChI=1S/C12H9Cl2NO4/c1-5(16)15-12-10(18)9(17)11(19-12)7-3-2-6(13)4-8(7)14/h2-4,17-18H,1H3,(H,15,16). The fraction of sp³-hybridized carbons (Fsp3) is 0.0833. The number of anilines is 1. The Hall–Kier alpha value is -1.85. The van der Waals surface area contributed by atoms with E-state index in [1.54, 1.807) is 6.07 Å². The van der Waals surface area contributed by atoms with E-state index in [0.717, 1.165) is 0 Å². The van der Waals surface area contributed by atoms with Crippen LogP contribution < -0.4 is 5.32 Å². The zero-order valence-corrected chi connectivity index (χ0v) is 11.2. The zero-order valence-electron chi connectivity index (χ0n) is 9.70. The van der Waals surface area contributed by atoms with Gasteiger partial charge in [0.2, 0.25) is 23.3 Å². The van der Waals surface area contributed by atoms with Gasteiger partial charge in [-0.3, -0.25) is 10.1 Å². The molecule has 0 unspecified atom stereocenters. The smallest absolute Gasteiger partial charge is 0.246 e. The van der Waals surface area contributed by atoms with Crippen LogP contribution in [0, 0.1) is 0 Å². The molecule has 0 saturated carbocycles. The summed E-state index contributed by atoms with van der Waals surface area (Å²) in [6.45, 7) is 1.24. The van der Waals surface area contributed by atoms with Crippen molar-refractivity contribution >= 4 is 35.0 Å². The molecule has 0 fully saturated rings. The largest absolute Gasteiger partial charge is 0.502 e. The lowest BCUT2D eigenvalue weighted by molar-refractivity contribution is -0.114. The van der Waals surface area contributed by atoms with Gasteiger partial charge in [-0.05, 0) is 18.2 Å². The zero-order chi connectivity index (χ0) is 14.2. The van der Waals surface area contributed by atoms with E-state index >= 15 is 0 Å². The van der Waals surface area contributed by atoms with Crippen molar-refractivity contribution in [2.24, 2.45) is 0 Å². The molecule has 5 nitrogen and oxygen atoms in total. The van der Waals surface area contributed by atoms with Gasteiger partial charge in [0.15, 0.2) is 5.76 Å². The summed E-state index contributed by atoms with van der Waals surface area (Å²) in [4.78, 5) is 10.9. The highest BCUT2D eigenvalue weighted by Gasteiger charge is 2.22. The molecule has 100 valence electrons. The van der Waals surface area contributed by atoms with Crippen molar-refractivity contribution < 1.29 is 19.4 Å². The summed E-state index contributed by atoms with van der Waals surface area (Å²) in [6, 6.07) is 4.55. The van der Waals surface area contributed by atoms with E-state index in [1.165, 1.54) is 19.1 Å². The number of carbonyl (C=O) groups is 1. The molecule has 2 aromatic rings. The van der Waals surface area contributed by atoms with Crippen LogP contribution in [0.1, 0.15) is 6.92 Å². The number of furan rings is 1. The van der Waals surface area contributed by atoms with Crippen LogP contribution in [0.25, 0.3) is 11.3 Å². The van der Waals surface area contributed by atoms with Crippen molar-refractivity contribution in [2.45, 2.75) is 6.92 Å². The third-order valence-electron chi connectivity index (χ3n) is 2.32. The molecule has 1 amide bonds. The molecule has 3 N–H and O–H groups in total. The van der Waals surface area contributed by atoms with Gasteiger partial charge >= 0.3 is 0 Å². The van der Waals surface area contributed by atoms with Crippen molar-refractivity contribution in [2.75, 3.05) is 5.32 Å². The van der Waals surface area contributed by atoms with Gasteiger partial charge in [-0.15, -0.1) is 0 Å². The van der Waals surface area contributed by atoms with Gasteiger partial charge in [0.25, 0.3) is 0 Å². The van der Waals surface area contributed by atoms with Crippen LogP contribution in [0.4, 0.5) is 5.88 Å². The fourth-order valence-corrected chi connectivity index (χ4v) is 2.01. The SMILES string of the molecule is CC(=O)Nc1oc(-c2ccc(Cl)cc2Cl)c(O)c1O. The van der Waals surface area contributed by atoms with Crippen LogP contribution in [-0.4, -0.2) is 16.1 Å². The van der Waals surface area contributed by atoms with Crippen LogP contribution in [0.2, 0.25) is 10.0 Å². The third kappa shape index (κ3) is 2.62. The molecule has 0 spiro atoms. The van der Waals surface area contributed by atoms with Crippen molar-refractivity contribution in [3.05, 3.63) is 28.2 Å². The number of aromatic hydroxyl groups is 2. The van der Waals surface area contributed by atoms with Crippen LogP contribution in [0.5, 0.6) is 11.5 Å². The van der Waals surface area contributed by atoms with E-state index in [0.29, 0.717) is 10.6 Å². The predicted molar refractivity (Wildman–Crippen MR) is 71.8 cm³/mol. The molecule has 2 rings (SSSR count). The third-order valence-corrected chi connectivity index (χ3v) is 2.87. The van der Waals surface area contributed by atoms with E-state index in [-0.39, 0.29) is 16.7 Å². The molecule has 7 heteroatoms. The molecule has 1 heterocycles. The van der Waals surface area contributed by atoms with Crippen molar-refractivity contribution in [3.63, 3.8) is 0 Å². The summed E-state index contributed by atoms with van der Waals surface area (Å²) in [5.41, 5.74) is 0.343. The molecule has 19 heavy (non-hydrogen) atoms. The molecule has 1 aromatic heterocycles. The van der Waals surface area contributed by atoms with Crippen molar-refractivity contribution in [1.29, 1.82) is 0 Å². The second-order valence-corrected chi connectivity index (χ2v) is 4.61. The molecule has 0 aliphatic heterocycles. The maximum Gasteiger partial charge on any atom is 0.246 e. The minimum Gasteiger partial charge on any atom is -0.502 e. The molecule has 0 radical (unpaired) electrons. The van der Waals surface area contributed by atoms with Gasteiger partial charge in [-0.2, -0.15) is 0 Å². The number of benzene rings is 1. The number of carbonyl (C=O) groups excluding carboxylic acids is 1. The monoisotopic (exact) mass is 301 g/mol. The molecular weight excluding hydrogens is 293 g/mol. The number of hydrogen-bond acceptors (Lipinski definition) is 4. The number of hydrogen-bond donors (Lipinski definition) is 3. The van der Waals surface area contributed by atoms with Crippen molar-refractivity contribution in [3.8, 4) is 22.8 Å². The summed E-state index contributed by atoms with van der Waals surface area (Å²) >= 11 is 11.7. The Kier molecular flexibility index (Phi) is 3.59. The Balaban J connectivity index is 2.53. The molecule has 0 atom stereocenters. The Labute approximate surface area is 118 Å². The maximum atomic E-state index is 10.9. The lowest BCUT2D eigenvalue weighted by Gasteiger charge is -2.01. The minimum absolute atomic E-state index is 0.0529. The lowest BCUT2D eigenvalue weighted by Crippen LogP contribution is -2.04. The van der Waals surface area contributed by atoms with Crippen LogP contribution in [0.15, 0.2) is 22.6 Å². The first kappa shape index (κ1) is 13.6. The average Bonchev–Trinajstić information content (AvgIpc) is 2.57. The summed E-state index contributed by atoms with van der Waals surface area (Å²) in [6.07, 6.45) is 0. The van der Waals surface area contributed by atoms with E-state index in [2.05, 4.69) is 5.32 Å². The van der Waals surface area contributed by atoms with E-state index in [9.17, 15) is 15.0 Å². The van der Waals surface area contributed by atoms with E-state index in [1.807, 2.05) is 0 Å². The number of amides is 1. The lowest BCUT2D eigenvalue weighted by atomic mass is 10.1. The Morgan fingerprint density at radius 2 is 1.95 bits per heavy atom. The Morgan fingerprint density at radius 1 is 1.26 bits per heavy atom. The molecule has 0 bridgehead atoms. The van der Waals surface area contributed by atoms with Gasteiger partial charge in [-0.25, -0.2) is 0 Å². The van der Waals surface area contributed by atoms with Crippen LogP contribution in [-0.2, 0) is 4.79 Å². The first-order valence-corrected chi connectivity index (χ1v) is 5.93. The van der Waals surface area contributed by atoms with Gasteiger partial charge in [0.05, 0.1) is 5.02 Å². The topological polar surface area (TPSA) is 82.7 Å². The number of rotatable bonds is 2. The van der Waals surface area contributed by atoms with Crippen molar-refractivity contribution in [1.82, 2.24) is 0 Å². The summed E-state index contributed by atoms with van der Waals surface area (Å²) in [7, 11) is 0. The van der Waals surface area contributed by atoms with Crippen LogP contribution >= 0.6 is 23.2 Å². The van der Waals surface area contributed by atoms with Crippen LogP contribution in [0.3, 0.4) is 0 Å². The highest BCUT2D eigenvalue weighted by molar-refractivity contribution is 6.36. The highest BCUT2D eigenvalue weighted by atomic mass is 35.5. The molecule has 0 aliphatic carbocycles. The summed E-state index contributed by atoms with van der Waals surface area (Å²) < 4.78 is 5.20. The molecule has 0 saturated heterocycles. The summed E-state index contributed by atoms with van der Waals surface area (Å²) in [5.74, 6) is -1.81. The van der Waals surface area contributed by atoms with E-state index < -0.39 is 17.4 Å². The first-order chi connectivity index (χ1) is 8.90. The summed E-state index contributed by atoms with van der Waals surface area (Å²) in [5, 5.41) is 22.4. The predicted octanol–water partition coefficient (Wildman–Crippen LogP) is 3.62. The number of nitrogens with one attached hydrogen (secondary N) is 1. The second-order valence-electron chi connectivity index (χ2n) is 3.76. The average molecular weight is 302 g/mol.